The molecule has 0 unspecified atom stereocenters. The van der Waals surface area contributed by atoms with Crippen LogP contribution in [0.15, 0.2) is 90.1 Å². The molecule has 180 valence electrons. The van der Waals surface area contributed by atoms with Crippen molar-refractivity contribution in [2.24, 2.45) is 0 Å². The van der Waals surface area contributed by atoms with Crippen LogP contribution in [0.4, 0.5) is 5.69 Å². The first-order valence-electron chi connectivity index (χ1n) is 11.3. The number of para-hydroxylation sites is 1. The van der Waals surface area contributed by atoms with Crippen LogP contribution >= 0.6 is 0 Å². The summed E-state index contributed by atoms with van der Waals surface area (Å²) in [6.45, 7) is 2.31. The lowest BCUT2D eigenvalue weighted by atomic mass is 10.1. The predicted octanol–water partition coefficient (Wildman–Crippen LogP) is 3.52. The van der Waals surface area contributed by atoms with Crippen LogP contribution in [-0.4, -0.2) is 56.5 Å². The lowest BCUT2D eigenvalue weighted by Gasteiger charge is -2.28. The molecule has 9 nitrogen and oxygen atoms in total. The summed E-state index contributed by atoms with van der Waals surface area (Å²) in [6.07, 6.45) is 4.69. The highest BCUT2D eigenvalue weighted by atomic mass is 16.3. The maximum Gasteiger partial charge on any atom is 0.244 e. The Kier molecular flexibility index (Phi) is 7.69. The molecule has 1 N–H and O–H groups in total. The molecule has 35 heavy (non-hydrogen) atoms. The number of benzene rings is 2. The molecule has 0 spiro atoms. The van der Waals surface area contributed by atoms with Crippen LogP contribution < -0.4 is 5.32 Å². The van der Waals surface area contributed by atoms with Gasteiger partial charge in [-0.05, 0) is 55.9 Å². The molecule has 0 aliphatic rings. The zero-order valence-electron chi connectivity index (χ0n) is 19.7. The molecule has 1 atom stereocenters. The van der Waals surface area contributed by atoms with Crippen molar-refractivity contribution in [1.29, 1.82) is 0 Å². The first kappa shape index (κ1) is 23.9. The van der Waals surface area contributed by atoms with Crippen LogP contribution in [0.5, 0.6) is 0 Å². The quantitative estimate of drug-likeness (QED) is 0.379. The number of carbonyl (C=O) groups excluding carboxylic acids is 2. The van der Waals surface area contributed by atoms with Gasteiger partial charge in [-0.2, -0.15) is 5.10 Å². The van der Waals surface area contributed by atoms with Gasteiger partial charge in [-0.25, -0.2) is 9.67 Å². The number of rotatable bonds is 10. The van der Waals surface area contributed by atoms with Crippen molar-refractivity contribution in [3.63, 3.8) is 0 Å². The molecule has 2 amide bonds. The van der Waals surface area contributed by atoms with E-state index in [-0.39, 0.29) is 37.5 Å². The van der Waals surface area contributed by atoms with Crippen molar-refractivity contribution in [3.05, 3.63) is 97.0 Å². The Hall–Kier alpha value is -4.24. The van der Waals surface area contributed by atoms with Crippen molar-refractivity contribution in [1.82, 2.24) is 24.6 Å². The average molecular weight is 473 g/mol. The first-order valence-corrected chi connectivity index (χ1v) is 11.3. The molecule has 9 heteroatoms. The predicted molar refractivity (Wildman–Crippen MR) is 132 cm³/mol. The Labute approximate surface area is 204 Å². The Morgan fingerprint density at radius 1 is 1.03 bits per heavy atom. The first-order chi connectivity index (χ1) is 17.0. The summed E-state index contributed by atoms with van der Waals surface area (Å²) >= 11 is 0. The van der Waals surface area contributed by atoms with Gasteiger partial charge in [0.05, 0.1) is 25.0 Å². The number of carbonyl (C=O) groups is 2. The van der Waals surface area contributed by atoms with Crippen molar-refractivity contribution < 1.29 is 14.0 Å². The zero-order chi connectivity index (χ0) is 24.6. The van der Waals surface area contributed by atoms with Gasteiger partial charge in [-0.3, -0.25) is 14.5 Å². The van der Waals surface area contributed by atoms with E-state index in [1.165, 1.54) is 11.2 Å². The van der Waals surface area contributed by atoms with E-state index in [1.54, 1.807) is 41.5 Å². The number of hydrogen-bond acceptors (Lipinski definition) is 6. The second-order valence-electron chi connectivity index (χ2n) is 8.27. The van der Waals surface area contributed by atoms with Gasteiger partial charge < -0.3 is 14.6 Å². The number of anilines is 1. The summed E-state index contributed by atoms with van der Waals surface area (Å²) in [7, 11) is 1.89. The second kappa shape index (κ2) is 11.3. The van der Waals surface area contributed by atoms with Crippen LogP contribution in [-0.2, 0) is 16.1 Å². The van der Waals surface area contributed by atoms with Gasteiger partial charge >= 0.3 is 0 Å². The number of hydrogen-bond donors (Lipinski definition) is 1. The highest BCUT2D eigenvalue weighted by molar-refractivity contribution is 5.94. The Bertz CT molecular complexity index is 1210. The van der Waals surface area contributed by atoms with Gasteiger partial charge in [0.25, 0.3) is 0 Å². The van der Waals surface area contributed by atoms with E-state index in [4.69, 9.17) is 4.42 Å². The fourth-order valence-electron chi connectivity index (χ4n) is 3.67. The lowest BCUT2D eigenvalue weighted by Crippen LogP contribution is -2.43. The molecule has 0 saturated heterocycles. The minimum atomic E-state index is -0.268. The molecule has 0 aliphatic heterocycles. The molecule has 0 saturated carbocycles. The number of aromatic nitrogens is 3. The number of amides is 2. The smallest absolute Gasteiger partial charge is 0.244 e. The molecule has 4 rings (SSSR count). The maximum atomic E-state index is 13.3. The summed E-state index contributed by atoms with van der Waals surface area (Å²) in [4.78, 5) is 33.4. The molecule has 0 bridgehead atoms. The van der Waals surface area contributed by atoms with Gasteiger partial charge in [-0.15, -0.1) is 0 Å². The van der Waals surface area contributed by atoms with Crippen molar-refractivity contribution >= 4 is 17.5 Å². The van der Waals surface area contributed by atoms with E-state index in [9.17, 15) is 9.59 Å². The van der Waals surface area contributed by atoms with E-state index in [1.807, 2.05) is 61.3 Å². The molecule has 0 aliphatic carbocycles. The van der Waals surface area contributed by atoms with Gasteiger partial charge in [0.1, 0.15) is 25.0 Å². The van der Waals surface area contributed by atoms with E-state index < -0.39 is 0 Å². The average Bonchev–Trinajstić information content (AvgIpc) is 3.58. The van der Waals surface area contributed by atoms with Crippen LogP contribution in [0.3, 0.4) is 0 Å². The number of nitrogens with zero attached hydrogens (tertiary/aromatic N) is 5. The SMILES string of the molecule is C[C@@H](c1ccc(-n2cncn2)cc1)N(C)CC(=O)N(CC(=O)Nc1ccccc1)Cc1ccco1. The minimum Gasteiger partial charge on any atom is -0.467 e. The molecule has 0 fully saturated rings. The van der Waals surface area contributed by atoms with Gasteiger partial charge in [0, 0.05) is 11.7 Å². The summed E-state index contributed by atoms with van der Waals surface area (Å²) in [6, 6.07) is 20.7. The third-order valence-electron chi connectivity index (χ3n) is 5.78. The Balaban J connectivity index is 1.40. The number of nitrogens with one attached hydrogen (secondary N) is 1. The maximum absolute atomic E-state index is 13.3. The standard InChI is InChI=1S/C26H28N6O3/c1-20(21-10-12-23(13-11-21)32-19-27-18-28-32)30(2)17-26(34)31(15-24-9-6-14-35-24)16-25(33)29-22-7-4-3-5-8-22/h3-14,18-20H,15-17H2,1-2H3,(H,29,33)/t20-/m0/s1. The summed E-state index contributed by atoms with van der Waals surface area (Å²) < 4.78 is 7.12. The largest absolute Gasteiger partial charge is 0.467 e. The second-order valence-corrected chi connectivity index (χ2v) is 8.27. The highest BCUT2D eigenvalue weighted by Gasteiger charge is 2.22. The lowest BCUT2D eigenvalue weighted by molar-refractivity contribution is -0.136. The zero-order valence-corrected chi connectivity index (χ0v) is 19.7. The highest BCUT2D eigenvalue weighted by Crippen LogP contribution is 2.20. The van der Waals surface area contributed by atoms with Crippen LogP contribution in [0.25, 0.3) is 5.69 Å². The molecule has 0 radical (unpaired) electrons. The molecule has 4 aromatic rings. The normalized spacial score (nSPS) is 11.9. The third kappa shape index (κ3) is 6.42. The molecule has 2 heterocycles. The molecule has 2 aromatic carbocycles. The topological polar surface area (TPSA) is 96.5 Å². The monoisotopic (exact) mass is 472 g/mol. The van der Waals surface area contributed by atoms with E-state index in [2.05, 4.69) is 15.4 Å². The van der Waals surface area contributed by atoms with Crippen molar-refractivity contribution in [2.75, 3.05) is 25.5 Å². The fourth-order valence-corrected chi connectivity index (χ4v) is 3.67. The minimum absolute atomic E-state index is 0.0210. The summed E-state index contributed by atoms with van der Waals surface area (Å²) in [5, 5.41) is 6.98. The van der Waals surface area contributed by atoms with E-state index in [0.717, 1.165) is 11.3 Å². The summed E-state index contributed by atoms with van der Waals surface area (Å²) in [5.74, 6) is 0.180. The van der Waals surface area contributed by atoms with E-state index in [0.29, 0.717) is 11.4 Å². The number of furan rings is 1. The molecular formula is C26H28N6O3. The van der Waals surface area contributed by atoms with Gasteiger partial charge in [0.2, 0.25) is 11.8 Å². The van der Waals surface area contributed by atoms with Crippen molar-refractivity contribution in [3.8, 4) is 5.69 Å². The number of likely N-dealkylation sites (N-methyl/N-ethyl adjacent to an activating group) is 1. The van der Waals surface area contributed by atoms with Gasteiger partial charge in [-0.1, -0.05) is 30.3 Å². The Morgan fingerprint density at radius 2 is 1.80 bits per heavy atom. The van der Waals surface area contributed by atoms with Gasteiger partial charge in [0.15, 0.2) is 0 Å². The van der Waals surface area contributed by atoms with Crippen LogP contribution in [0, 0.1) is 0 Å². The van der Waals surface area contributed by atoms with E-state index >= 15 is 0 Å². The molecule has 2 aromatic heterocycles. The fraction of sp³-hybridized carbons (Fsp3) is 0.231. The van der Waals surface area contributed by atoms with Crippen LogP contribution in [0.2, 0.25) is 0 Å². The molecular weight excluding hydrogens is 444 g/mol. The van der Waals surface area contributed by atoms with Crippen LogP contribution in [0.1, 0.15) is 24.3 Å². The summed E-state index contributed by atoms with van der Waals surface area (Å²) in [5.41, 5.74) is 2.65. The van der Waals surface area contributed by atoms with Crippen molar-refractivity contribution in [2.45, 2.75) is 19.5 Å². The Morgan fingerprint density at radius 3 is 2.46 bits per heavy atom. The third-order valence-corrected chi connectivity index (χ3v) is 5.78.